The maximum Gasteiger partial charge on any atom is 0.296 e. The van der Waals surface area contributed by atoms with Gasteiger partial charge in [-0.05, 0) is 43.4 Å². The average molecular weight is 447 g/mol. The van der Waals surface area contributed by atoms with Crippen LogP contribution in [0.5, 0.6) is 0 Å². The summed E-state index contributed by atoms with van der Waals surface area (Å²) in [6, 6.07) is 7.46. The molecule has 2 aromatic rings. The fourth-order valence-electron chi connectivity index (χ4n) is 3.26. The van der Waals surface area contributed by atoms with Crippen molar-refractivity contribution in [2.75, 3.05) is 30.4 Å². The van der Waals surface area contributed by atoms with Gasteiger partial charge in [-0.3, -0.25) is 9.59 Å². The first kappa shape index (κ1) is 23.6. The van der Waals surface area contributed by atoms with E-state index in [-0.39, 0.29) is 24.1 Å². The van der Waals surface area contributed by atoms with Crippen LogP contribution in [0.25, 0.3) is 0 Å². The molecule has 33 heavy (non-hydrogen) atoms. The van der Waals surface area contributed by atoms with Crippen LogP contribution < -0.4 is 21.7 Å². The number of hydrogen-bond acceptors (Lipinski definition) is 7. The fourth-order valence-corrected chi connectivity index (χ4v) is 3.26. The Kier molecular flexibility index (Phi) is 8.23. The zero-order chi connectivity index (χ0) is 23.6. The number of aryl methyl sites for hydroxylation is 1. The van der Waals surface area contributed by atoms with E-state index in [1.807, 2.05) is 31.0 Å². The minimum atomic E-state index is -0.669. The Morgan fingerprint density at radius 1 is 1.24 bits per heavy atom. The largest absolute Gasteiger partial charge is 0.381 e. The molecular weight excluding hydrogens is 420 g/mol. The van der Waals surface area contributed by atoms with Gasteiger partial charge in [0.1, 0.15) is 0 Å². The SMILES string of the molecule is C#CC(=O)NCC#Cc1cccc(Nc2nc(NC3CCOCC3)c(CC)nc2C(N)=O)c1. The maximum absolute atomic E-state index is 12.1. The number of hydrogen-bond donors (Lipinski definition) is 4. The van der Waals surface area contributed by atoms with E-state index in [0.29, 0.717) is 42.4 Å². The van der Waals surface area contributed by atoms with Crippen molar-refractivity contribution >= 4 is 29.1 Å². The Balaban J connectivity index is 1.83. The molecule has 9 nitrogen and oxygen atoms in total. The number of nitrogens with two attached hydrogens (primary N) is 1. The Bertz CT molecular complexity index is 1120. The Hall–Kier alpha value is -4.08. The molecule has 2 amide bonds. The van der Waals surface area contributed by atoms with Crippen molar-refractivity contribution in [3.8, 4) is 24.2 Å². The van der Waals surface area contributed by atoms with E-state index in [4.69, 9.17) is 16.9 Å². The molecule has 1 fully saturated rings. The summed E-state index contributed by atoms with van der Waals surface area (Å²) in [5.74, 6) is 7.44. The Morgan fingerprint density at radius 2 is 2.03 bits per heavy atom. The van der Waals surface area contributed by atoms with E-state index in [1.54, 1.807) is 6.07 Å². The van der Waals surface area contributed by atoms with E-state index >= 15 is 0 Å². The number of nitrogens with zero attached hydrogens (tertiary/aromatic N) is 2. The molecular formula is C24H26N6O3. The molecule has 1 aromatic carbocycles. The number of primary amides is 1. The van der Waals surface area contributed by atoms with E-state index in [9.17, 15) is 9.59 Å². The normalized spacial score (nSPS) is 13.2. The number of ether oxygens (including phenoxy) is 1. The molecule has 2 heterocycles. The number of carbonyl (C=O) groups excluding carboxylic acids is 2. The second-order valence-corrected chi connectivity index (χ2v) is 7.30. The molecule has 0 unspecified atom stereocenters. The highest BCUT2D eigenvalue weighted by Gasteiger charge is 2.20. The van der Waals surface area contributed by atoms with Crippen LogP contribution in [0, 0.1) is 24.2 Å². The number of amides is 2. The summed E-state index contributed by atoms with van der Waals surface area (Å²) in [5, 5.41) is 9.05. The third-order valence-corrected chi connectivity index (χ3v) is 4.92. The quantitative estimate of drug-likeness (QED) is 0.475. The zero-order valence-corrected chi connectivity index (χ0v) is 18.4. The molecule has 5 N–H and O–H groups in total. The van der Waals surface area contributed by atoms with Crippen molar-refractivity contribution in [1.82, 2.24) is 15.3 Å². The van der Waals surface area contributed by atoms with E-state index < -0.39 is 11.8 Å². The van der Waals surface area contributed by atoms with Crippen molar-refractivity contribution in [2.24, 2.45) is 5.73 Å². The second kappa shape index (κ2) is 11.5. The highest BCUT2D eigenvalue weighted by Crippen LogP contribution is 2.24. The van der Waals surface area contributed by atoms with Gasteiger partial charge in [-0.25, -0.2) is 9.97 Å². The highest BCUT2D eigenvalue weighted by molar-refractivity contribution is 5.96. The molecule has 1 aliphatic rings. The summed E-state index contributed by atoms with van der Waals surface area (Å²) in [7, 11) is 0. The standard InChI is InChI=1S/C24H26N6O3/c1-3-19-23(27-17-10-13-33-14-11-17)30-24(21(29-19)22(25)32)28-18-9-5-7-16(15-18)8-6-12-26-20(31)4-2/h2,5,7,9,15,17H,3,10-14H2,1H3,(H2,25,32)(H,26,31)(H2,27,28,30). The molecule has 9 heteroatoms. The third-order valence-electron chi connectivity index (χ3n) is 4.92. The lowest BCUT2D eigenvalue weighted by Crippen LogP contribution is -2.29. The van der Waals surface area contributed by atoms with Gasteiger partial charge in [-0.15, -0.1) is 6.42 Å². The molecule has 1 aliphatic heterocycles. The van der Waals surface area contributed by atoms with E-state index in [1.165, 1.54) is 0 Å². The summed E-state index contributed by atoms with van der Waals surface area (Å²) in [6.45, 7) is 3.47. The lowest BCUT2D eigenvalue weighted by molar-refractivity contribution is -0.115. The Labute approximate surface area is 192 Å². The average Bonchev–Trinajstić information content (AvgIpc) is 2.82. The number of anilines is 3. The molecule has 1 aromatic heterocycles. The van der Waals surface area contributed by atoms with Crippen molar-refractivity contribution in [3.05, 3.63) is 41.2 Å². The van der Waals surface area contributed by atoms with Gasteiger partial charge in [-0.2, -0.15) is 0 Å². The van der Waals surface area contributed by atoms with Crippen LogP contribution in [0.2, 0.25) is 0 Å². The van der Waals surface area contributed by atoms with Crippen molar-refractivity contribution in [1.29, 1.82) is 0 Å². The van der Waals surface area contributed by atoms with Gasteiger partial charge >= 0.3 is 0 Å². The molecule has 0 radical (unpaired) electrons. The molecule has 0 saturated carbocycles. The topological polar surface area (TPSA) is 131 Å². The van der Waals surface area contributed by atoms with Crippen LogP contribution in [0.1, 0.15) is 41.5 Å². The van der Waals surface area contributed by atoms with Crippen molar-refractivity contribution < 1.29 is 14.3 Å². The number of rotatable bonds is 7. The number of terminal acetylenes is 1. The van der Waals surface area contributed by atoms with Crippen molar-refractivity contribution in [2.45, 2.75) is 32.2 Å². The number of carbonyl (C=O) groups is 2. The van der Waals surface area contributed by atoms with Gasteiger partial charge in [0.25, 0.3) is 11.8 Å². The molecule has 0 bridgehead atoms. The summed E-state index contributed by atoms with van der Waals surface area (Å²) >= 11 is 0. The monoisotopic (exact) mass is 446 g/mol. The summed E-state index contributed by atoms with van der Waals surface area (Å²) in [5.41, 5.74) is 7.69. The predicted octanol–water partition coefficient (Wildman–Crippen LogP) is 1.57. The molecule has 0 spiro atoms. The van der Waals surface area contributed by atoms with Gasteiger partial charge in [0, 0.05) is 30.5 Å². The predicted molar refractivity (Wildman–Crippen MR) is 126 cm³/mol. The number of nitrogens with one attached hydrogen (secondary N) is 3. The first-order chi connectivity index (χ1) is 16.0. The van der Waals surface area contributed by atoms with Gasteiger partial charge in [0.15, 0.2) is 17.3 Å². The van der Waals surface area contributed by atoms with E-state index in [2.05, 4.69) is 37.8 Å². The molecule has 0 atom stereocenters. The highest BCUT2D eigenvalue weighted by atomic mass is 16.5. The smallest absolute Gasteiger partial charge is 0.296 e. The second-order valence-electron chi connectivity index (χ2n) is 7.30. The van der Waals surface area contributed by atoms with Crippen LogP contribution in [0.4, 0.5) is 17.3 Å². The van der Waals surface area contributed by atoms with Crippen LogP contribution >= 0.6 is 0 Å². The summed E-state index contributed by atoms with van der Waals surface area (Å²) in [4.78, 5) is 32.3. The fraction of sp³-hybridized carbons (Fsp3) is 0.333. The first-order valence-corrected chi connectivity index (χ1v) is 10.7. The maximum atomic E-state index is 12.1. The van der Waals surface area contributed by atoms with E-state index in [0.717, 1.165) is 12.8 Å². The van der Waals surface area contributed by atoms with Crippen LogP contribution in [-0.2, 0) is 16.0 Å². The summed E-state index contributed by atoms with van der Waals surface area (Å²) < 4.78 is 5.42. The summed E-state index contributed by atoms with van der Waals surface area (Å²) in [6.07, 6.45) is 7.34. The van der Waals surface area contributed by atoms with Crippen molar-refractivity contribution in [3.63, 3.8) is 0 Å². The van der Waals surface area contributed by atoms with Gasteiger partial charge in [0.2, 0.25) is 0 Å². The van der Waals surface area contributed by atoms with Gasteiger partial charge in [-0.1, -0.05) is 24.8 Å². The molecule has 1 saturated heterocycles. The third kappa shape index (κ3) is 6.70. The van der Waals surface area contributed by atoms with Crippen LogP contribution in [0.3, 0.4) is 0 Å². The first-order valence-electron chi connectivity index (χ1n) is 10.7. The number of aromatic nitrogens is 2. The van der Waals surface area contributed by atoms with Gasteiger partial charge in [0.05, 0.1) is 12.2 Å². The molecule has 3 rings (SSSR count). The van der Waals surface area contributed by atoms with Crippen LogP contribution in [0.15, 0.2) is 24.3 Å². The molecule has 170 valence electrons. The lowest BCUT2D eigenvalue weighted by atomic mass is 10.1. The lowest BCUT2D eigenvalue weighted by Gasteiger charge is -2.25. The minimum absolute atomic E-state index is 0.0675. The Morgan fingerprint density at radius 3 is 2.73 bits per heavy atom. The van der Waals surface area contributed by atoms with Crippen LogP contribution in [-0.4, -0.2) is 47.6 Å². The number of benzene rings is 1. The zero-order valence-electron chi connectivity index (χ0n) is 18.4. The molecule has 0 aliphatic carbocycles. The minimum Gasteiger partial charge on any atom is -0.381 e. The van der Waals surface area contributed by atoms with Gasteiger partial charge < -0.3 is 26.4 Å².